The van der Waals surface area contributed by atoms with Crippen molar-refractivity contribution in [3.8, 4) is 22.8 Å². The van der Waals surface area contributed by atoms with Crippen molar-refractivity contribution in [2.75, 3.05) is 11.1 Å². The molecule has 0 radical (unpaired) electrons. The molecule has 4 heterocycles. The maximum atomic E-state index is 11.2. The Morgan fingerprint density at radius 1 is 0.644 bits per heavy atom. The largest absolute Gasteiger partial charge is 0.478 e. The van der Waals surface area contributed by atoms with E-state index in [2.05, 4.69) is 58.6 Å². The van der Waals surface area contributed by atoms with Crippen molar-refractivity contribution in [3.63, 3.8) is 0 Å². The SMILES string of the molecule is Cc1ccc(NC2CCCCC2)c(N)c1.Cc1ccc2c(c1)nc(-c1ccoc1)n2C1CCCCC1.O=C(O)c1ccc2c(c1)nc(-c1ccoc1)n2C1CCCCC1. The smallest absolute Gasteiger partial charge is 0.335 e. The number of nitrogens with zero attached hydrogens (tertiary/aromatic N) is 4. The van der Waals surface area contributed by atoms with Gasteiger partial charge in [-0.15, -0.1) is 0 Å². The van der Waals surface area contributed by atoms with Crippen molar-refractivity contribution in [1.82, 2.24) is 19.1 Å². The number of furan rings is 2. The minimum atomic E-state index is -0.927. The van der Waals surface area contributed by atoms with Crippen molar-refractivity contribution in [3.05, 3.63) is 108 Å². The molecule has 0 bridgehead atoms. The van der Waals surface area contributed by atoms with Crippen LogP contribution in [0.25, 0.3) is 44.8 Å². The highest BCUT2D eigenvalue weighted by Gasteiger charge is 2.25. The van der Waals surface area contributed by atoms with E-state index in [9.17, 15) is 9.90 Å². The van der Waals surface area contributed by atoms with E-state index in [0.29, 0.717) is 18.1 Å². The highest BCUT2D eigenvalue weighted by Crippen LogP contribution is 2.38. The highest BCUT2D eigenvalue weighted by molar-refractivity contribution is 5.93. The summed E-state index contributed by atoms with van der Waals surface area (Å²) in [6.45, 7) is 4.19. The molecule has 59 heavy (non-hydrogen) atoms. The van der Waals surface area contributed by atoms with Crippen molar-refractivity contribution >= 4 is 39.4 Å². The van der Waals surface area contributed by atoms with Crippen LogP contribution >= 0.6 is 0 Å². The molecule has 7 aromatic rings. The van der Waals surface area contributed by atoms with E-state index in [-0.39, 0.29) is 5.56 Å². The summed E-state index contributed by atoms with van der Waals surface area (Å²) in [5, 5.41) is 12.8. The number of aromatic nitrogens is 4. The van der Waals surface area contributed by atoms with Crippen LogP contribution in [0.5, 0.6) is 0 Å². The van der Waals surface area contributed by atoms with Gasteiger partial charge < -0.3 is 34.1 Å². The lowest BCUT2D eigenvalue weighted by Crippen LogP contribution is -2.22. The lowest BCUT2D eigenvalue weighted by molar-refractivity contribution is 0.0697. The van der Waals surface area contributed by atoms with Crippen molar-refractivity contribution < 1.29 is 18.7 Å². The topological polar surface area (TPSA) is 137 Å². The van der Waals surface area contributed by atoms with Gasteiger partial charge in [0.15, 0.2) is 0 Å². The first-order valence-electron chi connectivity index (χ1n) is 21.7. The molecule has 308 valence electrons. The van der Waals surface area contributed by atoms with Crippen LogP contribution in [-0.2, 0) is 0 Å². The van der Waals surface area contributed by atoms with Gasteiger partial charge in [0, 0.05) is 18.1 Å². The van der Waals surface area contributed by atoms with Gasteiger partial charge in [0.05, 0.1) is 62.7 Å². The fraction of sp³-hybridized carbons (Fsp3) is 0.408. The number of carboxylic acid groups (broad SMARTS) is 1. The molecule has 10 nitrogen and oxygen atoms in total. The number of fused-ring (bicyclic) bond motifs is 2. The molecule has 0 unspecified atom stereocenters. The average molecular weight is 795 g/mol. The number of benzene rings is 3. The standard InChI is InChI=1S/C18H18N2O3.C18H20N2O.C13H20N2/c21-18(22)12-6-7-16-15(10-12)19-17(13-8-9-23-11-13)20(16)14-4-2-1-3-5-14;1-13-7-8-17-16(11-13)19-18(14-9-10-21-12-14)20(17)15-5-3-2-4-6-15;1-10-7-8-13(12(14)9-10)15-11-5-3-2-4-6-11/h6-11,14H,1-5H2,(H,21,22);7-12,15H,2-6H2,1H3;7-9,11,15H,2-6,14H2,1H3. The fourth-order valence-corrected chi connectivity index (χ4v) is 9.33. The van der Waals surface area contributed by atoms with Crippen LogP contribution < -0.4 is 11.1 Å². The Bertz CT molecular complexity index is 2440. The van der Waals surface area contributed by atoms with Crippen molar-refractivity contribution in [1.29, 1.82) is 0 Å². The summed E-state index contributed by atoms with van der Waals surface area (Å²) in [7, 11) is 0. The molecule has 3 aliphatic carbocycles. The maximum Gasteiger partial charge on any atom is 0.335 e. The lowest BCUT2D eigenvalue weighted by Gasteiger charge is -2.25. The van der Waals surface area contributed by atoms with E-state index in [4.69, 9.17) is 24.5 Å². The first-order chi connectivity index (χ1) is 28.8. The van der Waals surface area contributed by atoms with Crippen molar-refractivity contribution in [2.24, 2.45) is 0 Å². The molecule has 4 aromatic heterocycles. The molecule has 0 amide bonds. The normalized spacial score (nSPS) is 16.6. The second kappa shape index (κ2) is 18.4. The van der Waals surface area contributed by atoms with Crippen LogP contribution in [0.4, 0.5) is 11.4 Å². The summed E-state index contributed by atoms with van der Waals surface area (Å²) >= 11 is 0. The number of hydrogen-bond acceptors (Lipinski definition) is 7. The summed E-state index contributed by atoms with van der Waals surface area (Å²) in [5.74, 6) is 0.989. The Hall–Kier alpha value is -5.77. The number of carboxylic acids is 1. The Labute approximate surface area is 346 Å². The summed E-state index contributed by atoms with van der Waals surface area (Å²) < 4.78 is 15.2. The molecule has 0 atom stereocenters. The molecule has 0 spiro atoms. The number of aryl methyl sites for hydroxylation is 2. The van der Waals surface area contributed by atoms with Gasteiger partial charge in [0.2, 0.25) is 0 Å². The molecule has 3 fully saturated rings. The predicted molar refractivity (Wildman–Crippen MR) is 237 cm³/mol. The number of nitrogens with one attached hydrogen (secondary N) is 1. The first kappa shape index (κ1) is 40.0. The Balaban J connectivity index is 0.000000126. The van der Waals surface area contributed by atoms with Gasteiger partial charge in [0.1, 0.15) is 24.2 Å². The molecule has 10 rings (SSSR count). The van der Waals surface area contributed by atoms with E-state index < -0.39 is 5.97 Å². The third-order valence-electron chi connectivity index (χ3n) is 12.4. The highest BCUT2D eigenvalue weighted by atomic mass is 16.4. The van der Waals surface area contributed by atoms with E-state index in [1.54, 1.807) is 37.2 Å². The van der Waals surface area contributed by atoms with Gasteiger partial charge in [-0.3, -0.25) is 0 Å². The number of aromatic carboxylic acids is 1. The maximum absolute atomic E-state index is 11.2. The average Bonchev–Trinajstić information content (AvgIpc) is 4.10. The number of anilines is 2. The number of nitrogens with two attached hydrogens (primary N) is 1. The van der Waals surface area contributed by atoms with Gasteiger partial charge in [0.25, 0.3) is 0 Å². The Morgan fingerprint density at radius 2 is 1.14 bits per heavy atom. The van der Waals surface area contributed by atoms with Gasteiger partial charge >= 0.3 is 5.97 Å². The van der Waals surface area contributed by atoms with E-state index in [0.717, 1.165) is 63.5 Å². The zero-order chi connectivity index (χ0) is 40.7. The molecular formula is C49H58N6O4. The summed E-state index contributed by atoms with van der Waals surface area (Å²) in [6.07, 6.45) is 26.0. The number of nitrogen functional groups attached to an aromatic ring is 1. The minimum Gasteiger partial charge on any atom is -0.478 e. The molecule has 0 saturated heterocycles. The van der Waals surface area contributed by atoms with Crippen molar-refractivity contribution in [2.45, 2.75) is 128 Å². The molecular weight excluding hydrogens is 737 g/mol. The van der Waals surface area contributed by atoms with Crippen LogP contribution in [0.15, 0.2) is 101 Å². The van der Waals surface area contributed by atoms with Gasteiger partial charge in [-0.2, -0.15) is 0 Å². The third-order valence-corrected chi connectivity index (χ3v) is 12.4. The van der Waals surface area contributed by atoms with Crippen LogP contribution in [0.3, 0.4) is 0 Å². The molecule has 10 heteroatoms. The molecule has 3 aliphatic rings. The van der Waals surface area contributed by atoms with E-state index in [1.807, 2.05) is 24.3 Å². The molecule has 3 saturated carbocycles. The summed E-state index contributed by atoms with van der Waals surface area (Å²) in [4.78, 5) is 20.8. The Kier molecular flexibility index (Phi) is 12.5. The van der Waals surface area contributed by atoms with Gasteiger partial charge in [-0.05, 0) is 118 Å². The minimum absolute atomic E-state index is 0.268. The number of hydrogen-bond donors (Lipinski definition) is 3. The lowest BCUT2D eigenvalue weighted by atomic mass is 9.95. The molecule has 4 N–H and O–H groups in total. The Morgan fingerprint density at radius 3 is 1.64 bits per heavy atom. The van der Waals surface area contributed by atoms with Gasteiger partial charge in [-0.1, -0.05) is 69.9 Å². The fourth-order valence-electron chi connectivity index (χ4n) is 9.33. The number of rotatable bonds is 7. The predicted octanol–water partition coefficient (Wildman–Crippen LogP) is 12.9. The van der Waals surface area contributed by atoms with Gasteiger partial charge in [-0.25, -0.2) is 14.8 Å². The van der Waals surface area contributed by atoms with Crippen LogP contribution in [0.2, 0.25) is 0 Å². The summed E-state index contributed by atoms with van der Waals surface area (Å²) in [6, 6.07) is 23.5. The third kappa shape index (κ3) is 9.27. The molecule has 3 aromatic carbocycles. The second-order valence-electron chi connectivity index (χ2n) is 16.8. The quantitative estimate of drug-likeness (QED) is 0.136. The monoisotopic (exact) mass is 794 g/mol. The second-order valence-corrected chi connectivity index (χ2v) is 16.8. The van der Waals surface area contributed by atoms with E-state index in [1.165, 1.54) is 100 Å². The molecule has 0 aliphatic heterocycles. The van der Waals surface area contributed by atoms with Crippen LogP contribution in [-0.4, -0.2) is 36.2 Å². The van der Waals surface area contributed by atoms with Crippen LogP contribution in [0.1, 0.15) is 130 Å². The van der Waals surface area contributed by atoms with Crippen LogP contribution in [0, 0.1) is 13.8 Å². The zero-order valence-electron chi connectivity index (χ0n) is 34.5. The van der Waals surface area contributed by atoms with E-state index >= 15 is 0 Å². The summed E-state index contributed by atoms with van der Waals surface area (Å²) in [5.41, 5.74) is 16.8. The number of carbonyl (C=O) groups is 1. The number of imidazole rings is 2. The zero-order valence-corrected chi connectivity index (χ0v) is 34.5. The first-order valence-corrected chi connectivity index (χ1v) is 21.7.